The number of piperidine rings is 1. The molecule has 0 radical (unpaired) electrons. The van der Waals surface area contributed by atoms with E-state index in [-0.39, 0.29) is 18.9 Å². The molecule has 1 aromatic carbocycles. The van der Waals surface area contributed by atoms with Crippen LogP contribution in [-0.2, 0) is 9.47 Å². The first-order chi connectivity index (χ1) is 21.7. The summed E-state index contributed by atoms with van der Waals surface area (Å²) in [5.41, 5.74) is 9.63. The highest BCUT2D eigenvalue weighted by Gasteiger charge is 2.28. The Hall–Kier alpha value is -4.72. The van der Waals surface area contributed by atoms with E-state index in [2.05, 4.69) is 25.1 Å². The van der Waals surface area contributed by atoms with Crippen LogP contribution in [0.4, 0.5) is 22.2 Å². The summed E-state index contributed by atoms with van der Waals surface area (Å²) in [6.07, 6.45) is 5.16. The molecule has 4 aromatic rings. The maximum Gasteiger partial charge on any atom is 0.410 e. The number of hydrogen-bond acceptors (Lipinski definition) is 12. The van der Waals surface area contributed by atoms with E-state index in [0.29, 0.717) is 54.9 Å². The highest BCUT2D eigenvalue weighted by Crippen LogP contribution is 2.33. The molecule has 6 rings (SSSR count). The summed E-state index contributed by atoms with van der Waals surface area (Å²) in [6.45, 7) is 9.92. The number of nitrogens with two attached hydrogens (primary N) is 1. The fourth-order valence-corrected chi connectivity index (χ4v) is 5.72. The van der Waals surface area contributed by atoms with E-state index in [9.17, 15) is 4.79 Å². The molecule has 2 aliphatic rings. The molecule has 5 heterocycles. The fourth-order valence-electron chi connectivity index (χ4n) is 5.72. The van der Waals surface area contributed by atoms with Crippen molar-refractivity contribution >= 4 is 34.6 Å². The first kappa shape index (κ1) is 30.3. The number of hydrogen-bond donors (Lipinski definition) is 1. The van der Waals surface area contributed by atoms with E-state index < -0.39 is 5.60 Å². The molecule has 0 unspecified atom stereocenters. The lowest BCUT2D eigenvalue weighted by molar-refractivity contribution is 0.0240. The van der Waals surface area contributed by atoms with Crippen LogP contribution in [0.1, 0.15) is 39.7 Å². The Balaban J connectivity index is 1.09. The number of anilines is 3. The van der Waals surface area contributed by atoms with Crippen LogP contribution in [0.25, 0.3) is 22.3 Å². The average molecular weight is 617 g/mol. The maximum absolute atomic E-state index is 12.4. The second-order valence-corrected chi connectivity index (χ2v) is 12.3. The predicted octanol–water partition coefficient (Wildman–Crippen LogP) is 3.75. The number of amides is 1. The van der Waals surface area contributed by atoms with Gasteiger partial charge < -0.3 is 34.6 Å². The minimum Gasteiger partial charge on any atom is -0.467 e. The Kier molecular flexibility index (Phi) is 8.57. The molecule has 0 saturated carbocycles. The second-order valence-electron chi connectivity index (χ2n) is 12.3. The van der Waals surface area contributed by atoms with Crippen molar-refractivity contribution in [2.75, 3.05) is 68.7 Å². The standard InChI is InChI=1S/C31H40N10O4/c1-31(2,3)45-30(42)40-15-13-38(14-16-40)22-18-33-29(34-19-22)39-11-9-21(10-12-39)41-25-17-24(35-36-27(25)28(32)37-41)23-7-5-6-8-26(23)44-20-43-4/h5-8,17-19,21H,9-16,20H2,1-4H3,(H2,32,37). The molecule has 2 N–H and O–H groups in total. The Morgan fingerprint density at radius 3 is 2.38 bits per heavy atom. The number of rotatable bonds is 7. The van der Waals surface area contributed by atoms with Gasteiger partial charge in [-0.2, -0.15) is 5.10 Å². The van der Waals surface area contributed by atoms with Crippen LogP contribution < -0.4 is 20.3 Å². The van der Waals surface area contributed by atoms with Crippen molar-refractivity contribution in [1.29, 1.82) is 0 Å². The van der Waals surface area contributed by atoms with E-state index in [1.165, 1.54) is 0 Å². The number of nitrogens with zero attached hydrogens (tertiary/aromatic N) is 9. The number of para-hydroxylation sites is 1. The summed E-state index contributed by atoms with van der Waals surface area (Å²) in [4.78, 5) is 27.9. The van der Waals surface area contributed by atoms with Crippen molar-refractivity contribution in [3.8, 4) is 17.0 Å². The van der Waals surface area contributed by atoms with Crippen molar-refractivity contribution < 1.29 is 19.0 Å². The third-order valence-corrected chi connectivity index (χ3v) is 7.99. The normalized spacial score (nSPS) is 16.3. The van der Waals surface area contributed by atoms with Gasteiger partial charge in [-0.15, -0.1) is 10.2 Å². The average Bonchev–Trinajstić information content (AvgIpc) is 3.38. The van der Waals surface area contributed by atoms with Crippen LogP contribution in [0, 0.1) is 0 Å². The number of carbonyl (C=O) groups is 1. The molecule has 2 saturated heterocycles. The van der Waals surface area contributed by atoms with Gasteiger partial charge in [0, 0.05) is 51.9 Å². The van der Waals surface area contributed by atoms with Crippen molar-refractivity contribution in [1.82, 2.24) is 34.8 Å². The number of benzene rings is 1. The zero-order chi connectivity index (χ0) is 31.6. The molecular formula is C31H40N10O4. The quantitative estimate of drug-likeness (QED) is 0.301. The lowest BCUT2D eigenvalue weighted by Gasteiger charge is -2.36. The Morgan fingerprint density at radius 2 is 1.69 bits per heavy atom. The van der Waals surface area contributed by atoms with Gasteiger partial charge >= 0.3 is 6.09 Å². The SMILES string of the molecule is COCOc1ccccc1-c1cc2c(nn1)c(N)nn2C1CCN(c2ncc(N3CCN(C(=O)OC(C)(C)C)CC3)cn2)CC1. The molecule has 1 amide bonds. The molecule has 0 aliphatic carbocycles. The lowest BCUT2D eigenvalue weighted by Crippen LogP contribution is -2.50. The summed E-state index contributed by atoms with van der Waals surface area (Å²) < 4.78 is 18.3. The van der Waals surface area contributed by atoms with Crippen LogP contribution in [0.15, 0.2) is 42.7 Å². The molecule has 0 atom stereocenters. The summed E-state index contributed by atoms with van der Waals surface area (Å²) in [5, 5.41) is 13.5. The van der Waals surface area contributed by atoms with E-state index in [4.69, 9.17) is 29.9 Å². The predicted molar refractivity (Wildman–Crippen MR) is 170 cm³/mol. The molecule has 14 heteroatoms. The minimum atomic E-state index is -0.503. The molecule has 3 aromatic heterocycles. The van der Waals surface area contributed by atoms with Crippen molar-refractivity contribution in [3.63, 3.8) is 0 Å². The van der Waals surface area contributed by atoms with Crippen LogP contribution in [0.5, 0.6) is 5.75 Å². The summed E-state index contributed by atoms with van der Waals surface area (Å²) >= 11 is 0. The van der Waals surface area contributed by atoms with Gasteiger partial charge in [0.15, 0.2) is 18.1 Å². The van der Waals surface area contributed by atoms with Gasteiger partial charge in [-0.25, -0.2) is 14.8 Å². The van der Waals surface area contributed by atoms with Crippen LogP contribution in [0.3, 0.4) is 0 Å². The fraction of sp³-hybridized carbons (Fsp3) is 0.484. The molecule has 0 spiro atoms. The Bertz CT molecular complexity index is 1620. The first-order valence-electron chi connectivity index (χ1n) is 15.2. The molecule has 2 aliphatic heterocycles. The van der Waals surface area contributed by atoms with E-state index >= 15 is 0 Å². The first-order valence-corrected chi connectivity index (χ1v) is 15.2. The van der Waals surface area contributed by atoms with E-state index in [1.54, 1.807) is 12.0 Å². The van der Waals surface area contributed by atoms with Crippen LogP contribution in [0.2, 0.25) is 0 Å². The second kappa shape index (κ2) is 12.7. The number of carbonyl (C=O) groups excluding carboxylic acids is 1. The van der Waals surface area contributed by atoms with Crippen molar-refractivity contribution in [3.05, 3.63) is 42.7 Å². The van der Waals surface area contributed by atoms with Crippen molar-refractivity contribution in [2.45, 2.75) is 45.3 Å². The molecular weight excluding hydrogens is 576 g/mol. The molecule has 238 valence electrons. The molecule has 0 bridgehead atoms. The number of fused-ring (bicyclic) bond motifs is 1. The summed E-state index contributed by atoms with van der Waals surface area (Å²) in [6, 6.07) is 9.77. The number of nitrogen functional groups attached to an aromatic ring is 1. The van der Waals surface area contributed by atoms with Gasteiger partial charge in [-0.3, -0.25) is 4.68 Å². The highest BCUT2D eigenvalue weighted by molar-refractivity contribution is 5.87. The number of ether oxygens (including phenoxy) is 3. The van der Waals surface area contributed by atoms with Crippen LogP contribution in [-0.4, -0.2) is 99.7 Å². The van der Waals surface area contributed by atoms with Gasteiger partial charge in [0.1, 0.15) is 11.4 Å². The highest BCUT2D eigenvalue weighted by atomic mass is 16.7. The smallest absolute Gasteiger partial charge is 0.410 e. The monoisotopic (exact) mass is 616 g/mol. The maximum atomic E-state index is 12.4. The zero-order valence-corrected chi connectivity index (χ0v) is 26.2. The minimum absolute atomic E-state index is 0.134. The van der Waals surface area contributed by atoms with E-state index in [0.717, 1.165) is 42.7 Å². The van der Waals surface area contributed by atoms with E-state index in [1.807, 2.05) is 68.2 Å². The summed E-state index contributed by atoms with van der Waals surface area (Å²) in [7, 11) is 1.58. The third kappa shape index (κ3) is 6.70. The molecule has 45 heavy (non-hydrogen) atoms. The largest absolute Gasteiger partial charge is 0.467 e. The number of piperazine rings is 1. The lowest BCUT2D eigenvalue weighted by atomic mass is 10.1. The van der Waals surface area contributed by atoms with Gasteiger partial charge in [0.25, 0.3) is 0 Å². The zero-order valence-electron chi connectivity index (χ0n) is 26.2. The van der Waals surface area contributed by atoms with Gasteiger partial charge in [0.2, 0.25) is 5.95 Å². The number of aromatic nitrogens is 6. The molecule has 2 fully saturated rings. The summed E-state index contributed by atoms with van der Waals surface area (Å²) in [5.74, 6) is 1.73. The third-order valence-electron chi connectivity index (χ3n) is 7.99. The Morgan fingerprint density at radius 1 is 0.978 bits per heavy atom. The van der Waals surface area contributed by atoms with Gasteiger partial charge in [0.05, 0.1) is 35.3 Å². The van der Waals surface area contributed by atoms with Gasteiger partial charge in [-0.1, -0.05) is 12.1 Å². The molecule has 14 nitrogen and oxygen atoms in total. The topological polar surface area (TPSA) is 150 Å². The van der Waals surface area contributed by atoms with Gasteiger partial charge in [-0.05, 0) is 51.8 Å². The van der Waals surface area contributed by atoms with Crippen molar-refractivity contribution in [2.24, 2.45) is 0 Å². The Labute approximate surface area is 262 Å². The van der Waals surface area contributed by atoms with Crippen LogP contribution >= 0.6 is 0 Å². The number of methoxy groups -OCH3 is 1.